The molecule has 0 heterocycles. The van der Waals surface area contributed by atoms with Crippen LogP contribution >= 0.6 is 11.6 Å². The molecule has 23 heavy (non-hydrogen) atoms. The summed E-state index contributed by atoms with van der Waals surface area (Å²) in [4.78, 5) is 11.2. The standard InChI is InChI=1S/C17H18ClFN2O2/c1-9-13(18)7-11(5-6-20)16(23-2)15(9)10-3-4-12(17(21)22)14(19)8-10/h3-4,7-8H,5-6,20H2,1-2H3,(H2,21,22). The average molecular weight is 337 g/mol. The molecule has 0 saturated carbocycles. The van der Waals surface area contributed by atoms with E-state index in [4.69, 9.17) is 27.8 Å². The fourth-order valence-corrected chi connectivity index (χ4v) is 2.80. The number of ether oxygens (including phenoxy) is 1. The molecular weight excluding hydrogens is 319 g/mol. The number of carbonyl (C=O) groups excluding carboxylic acids is 1. The van der Waals surface area contributed by atoms with Crippen LogP contribution in [0.4, 0.5) is 4.39 Å². The first-order chi connectivity index (χ1) is 10.9. The van der Waals surface area contributed by atoms with Crippen LogP contribution in [0.3, 0.4) is 0 Å². The van der Waals surface area contributed by atoms with Crippen LogP contribution in [0.1, 0.15) is 21.5 Å². The van der Waals surface area contributed by atoms with Gasteiger partial charge >= 0.3 is 0 Å². The molecule has 0 atom stereocenters. The molecule has 0 aliphatic carbocycles. The highest BCUT2D eigenvalue weighted by atomic mass is 35.5. The van der Waals surface area contributed by atoms with Crippen LogP contribution in [0.15, 0.2) is 24.3 Å². The molecule has 0 aliphatic heterocycles. The molecule has 1 amide bonds. The number of amides is 1. The number of primary amides is 1. The summed E-state index contributed by atoms with van der Waals surface area (Å²) in [5.74, 6) is -0.895. The van der Waals surface area contributed by atoms with Crippen molar-refractivity contribution in [1.29, 1.82) is 0 Å². The highest BCUT2D eigenvalue weighted by Crippen LogP contribution is 2.40. The van der Waals surface area contributed by atoms with E-state index in [9.17, 15) is 9.18 Å². The number of benzene rings is 2. The molecule has 0 aromatic heterocycles. The number of methoxy groups -OCH3 is 1. The van der Waals surface area contributed by atoms with Crippen LogP contribution < -0.4 is 16.2 Å². The van der Waals surface area contributed by atoms with Crippen molar-refractivity contribution in [1.82, 2.24) is 0 Å². The van der Waals surface area contributed by atoms with Crippen molar-refractivity contribution >= 4 is 17.5 Å². The van der Waals surface area contributed by atoms with Gasteiger partial charge in [0.05, 0.1) is 12.7 Å². The second-order valence-electron chi connectivity index (χ2n) is 5.15. The molecule has 2 rings (SSSR count). The Labute approximate surface area is 139 Å². The molecule has 122 valence electrons. The molecule has 0 saturated heterocycles. The molecule has 4 nitrogen and oxygen atoms in total. The number of hydrogen-bond acceptors (Lipinski definition) is 3. The van der Waals surface area contributed by atoms with Crippen LogP contribution in [0.2, 0.25) is 5.02 Å². The van der Waals surface area contributed by atoms with Gasteiger partial charge in [-0.25, -0.2) is 4.39 Å². The van der Waals surface area contributed by atoms with Gasteiger partial charge < -0.3 is 16.2 Å². The lowest BCUT2D eigenvalue weighted by Crippen LogP contribution is -2.13. The lowest BCUT2D eigenvalue weighted by atomic mass is 9.94. The second-order valence-corrected chi connectivity index (χ2v) is 5.56. The highest BCUT2D eigenvalue weighted by Gasteiger charge is 2.19. The van der Waals surface area contributed by atoms with Crippen molar-refractivity contribution in [3.63, 3.8) is 0 Å². The van der Waals surface area contributed by atoms with Gasteiger partial charge in [0.2, 0.25) is 0 Å². The monoisotopic (exact) mass is 336 g/mol. The average Bonchev–Trinajstić information content (AvgIpc) is 2.50. The van der Waals surface area contributed by atoms with Crippen molar-refractivity contribution in [2.45, 2.75) is 13.3 Å². The van der Waals surface area contributed by atoms with Gasteiger partial charge in [0.15, 0.2) is 0 Å². The summed E-state index contributed by atoms with van der Waals surface area (Å²) >= 11 is 6.29. The van der Waals surface area contributed by atoms with Crippen LogP contribution in [0.25, 0.3) is 11.1 Å². The summed E-state index contributed by atoms with van der Waals surface area (Å²) < 4.78 is 19.6. The van der Waals surface area contributed by atoms with E-state index in [1.165, 1.54) is 12.1 Å². The van der Waals surface area contributed by atoms with E-state index >= 15 is 0 Å². The third kappa shape index (κ3) is 3.30. The second kappa shape index (κ2) is 6.98. The van der Waals surface area contributed by atoms with E-state index in [1.54, 1.807) is 19.2 Å². The fourth-order valence-electron chi connectivity index (χ4n) is 2.57. The summed E-state index contributed by atoms with van der Waals surface area (Å²) in [6, 6.07) is 6.04. The lowest BCUT2D eigenvalue weighted by Gasteiger charge is -2.18. The van der Waals surface area contributed by atoms with Crippen molar-refractivity contribution < 1.29 is 13.9 Å². The summed E-state index contributed by atoms with van der Waals surface area (Å²) in [7, 11) is 1.54. The lowest BCUT2D eigenvalue weighted by molar-refractivity contribution is 0.0996. The maximum absolute atomic E-state index is 14.1. The summed E-state index contributed by atoms with van der Waals surface area (Å²) in [6.45, 7) is 2.26. The SMILES string of the molecule is COc1c(CCN)cc(Cl)c(C)c1-c1ccc(C(N)=O)c(F)c1. The fraction of sp³-hybridized carbons (Fsp3) is 0.235. The van der Waals surface area contributed by atoms with E-state index < -0.39 is 11.7 Å². The predicted molar refractivity (Wildman–Crippen MR) is 89.4 cm³/mol. The largest absolute Gasteiger partial charge is 0.496 e. The van der Waals surface area contributed by atoms with E-state index in [2.05, 4.69) is 0 Å². The molecule has 2 aromatic carbocycles. The zero-order valence-corrected chi connectivity index (χ0v) is 13.7. The van der Waals surface area contributed by atoms with Crippen LogP contribution in [0.5, 0.6) is 5.75 Å². The van der Waals surface area contributed by atoms with E-state index in [0.29, 0.717) is 34.9 Å². The Morgan fingerprint density at radius 2 is 2.04 bits per heavy atom. The first-order valence-corrected chi connectivity index (χ1v) is 7.44. The van der Waals surface area contributed by atoms with Crippen molar-refractivity contribution in [2.75, 3.05) is 13.7 Å². The van der Waals surface area contributed by atoms with E-state index in [0.717, 1.165) is 11.1 Å². The van der Waals surface area contributed by atoms with Gasteiger partial charge in [-0.3, -0.25) is 4.79 Å². The van der Waals surface area contributed by atoms with Crippen molar-refractivity contribution in [2.24, 2.45) is 11.5 Å². The van der Waals surface area contributed by atoms with Crippen LogP contribution in [-0.2, 0) is 6.42 Å². The van der Waals surface area contributed by atoms with Crippen molar-refractivity contribution in [3.05, 3.63) is 51.8 Å². The van der Waals surface area contributed by atoms with Gasteiger partial charge in [-0.2, -0.15) is 0 Å². The molecule has 2 aromatic rings. The molecule has 0 radical (unpaired) electrons. The zero-order valence-electron chi connectivity index (χ0n) is 13.0. The maximum Gasteiger partial charge on any atom is 0.251 e. The van der Waals surface area contributed by atoms with Gasteiger partial charge in [-0.1, -0.05) is 17.7 Å². The Bertz CT molecular complexity index is 763. The number of rotatable bonds is 5. The van der Waals surface area contributed by atoms with Gasteiger partial charge in [0, 0.05) is 10.6 Å². The van der Waals surface area contributed by atoms with E-state index in [-0.39, 0.29) is 5.56 Å². The van der Waals surface area contributed by atoms with E-state index in [1.807, 2.05) is 6.92 Å². The summed E-state index contributed by atoms with van der Waals surface area (Å²) in [5.41, 5.74) is 13.5. The molecule has 0 spiro atoms. The minimum absolute atomic E-state index is 0.158. The molecular formula is C17H18ClFN2O2. The molecule has 0 aliphatic rings. The van der Waals surface area contributed by atoms with Crippen LogP contribution in [-0.4, -0.2) is 19.6 Å². The normalized spacial score (nSPS) is 10.7. The van der Waals surface area contributed by atoms with Crippen molar-refractivity contribution in [3.8, 4) is 16.9 Å². The summed E-state index contributed by atoms with van der Waals surface area (Å²) in [6.07, 6.45) is 0.581. The molecule has 4 N–H and O–H groups in total. The predicted octanol–water partition coefficient (Wildman–Crippen LogP) is 3.06. The van der Waals surface area contributed by atoms with Gasteiger partial charge in [-0.15, -0.1) is 0 Å². The molecule has 6 heteroatoms. The van der Waals surface area contributed by atoms with Gasteiger partial charge in [0.25, 0.3) is 5.91 Å². The first-order valence-electron chi connectivity index (χ1n) is 7.06. The van der Waals surface area contributed by atoms with Gasteiger partial charge in [0.1, 0.15) is 11.6 Å². The Kier molecular flexibility index (Phi) is 5.23. The Balaban J connectivity index is 2.71. The Morgan fingerprint density at radius 3 is 2.57 bits per heavy atom. The van der Waals surface area contributed by atoms with Crippen LogP contribution in [0, 0.1) is 12.7 Å². The third-order valence-corrected chi connectivity index (χ3v) is 4.09. The number of hydrogen-bond donors (Lipinski definition) is 2. The zero-order chi connectivity index (χ0) is 17.1. The molecule has 0 unspecified atom stereocenters. The number of nitrogens with two attached hydrogens (primary N) is 2. The topological polar surface area (TPSA) is 78.3 Å². The third-order valence-electron chi connectivity index (χ3n) is 3.69. The minimum atomic E-state index is -0.812. The first kappa shape index (κ1) is 17.2. The molecule has 0 fully saturated rings. The maximum atomic E-state index is 14.1. The summed E-state index contributed by atoms with van der Waals surface area (Å²) in [5, 5.41) is 0.545. The van der Waals surface area contributed by atoms with Gasteiger partial charge in [-0.05, 0) is 54.8 Å². The number of carbonyl (C=O) groups is 1. The number of halogens is 2. The smallest absolute Gasteiger partial charge is 0.251 e. The molecule has 0 bridgehead atoms. The Hall–Kier alpha value is -2.11. The Morgan fingerprint density at radius 1 is 1.35 bits per heavy atom. The highest BCUT2D eigenvalue weighted by molar-refractivity contribution is 6.32. The minimum Gasteiger partial charge on any atom is -0.496 e. The quantitative estimate of drug-likeness (QED) is 0.880.